The van der Waals surface area contributed by atoms with Crippen LogP contribution in [0.2, 0.25) is 0 Å². The molecular weight excluding hydrogens is 679 g/mol. The van der Waals surface area contributed by atoms with Crippen LogP contribution in [-0.2, 0) is 51.7 Å². The zero-order valence-corrected chi connectivity index (χ0v) is 28.6. The Bertz CT molecular complexity index is 1530. The van der Waals surface area contributed by atoms with Gasteiger partial charge in [-0.05, 0) is 72.8 Å². The number of benzene rings is 4. The molecule has 0 saturated carbocycles. The molecule has 0 spiro atoms. The van der Waals surface area contributed by atoms with Crippen molar-refractivity contribution in [2.75, 3.05) is 14.2 Å². The summed E-state index contributed by atoms with van der Waals surface area (Å²) in [5.74, 6) is 0.572. The van der Waals surface area contributed by atoms with E-state index < -0.39 is 35.1 Å². The second-order valence-corrected chi connectivity index (χ2v) is 20.6. The van der Waals surface area contributed by atoms with Gasteiger partial charge in [-0.3, -0.25) is 0 Å². The van der Waals surface area contributed by atoms with E-state index in [4.69, 9.17) is 51.6 Å². The number of carbonyl (C=O) groups excluding carboxylic acids is 2. The Labute approximate surface area is 276 Å². The molecule has 8 nitrogen and oxygen atoms in total. The number of hydrogen-bond acceptors (Lipinski definition) is 10. The molecule has 4 aromatic carbocycles. The molecule has 0 aliphatic heterocycles. The van der Waals surface area contributed by atoms with Gasteiger partial charge in [-0.25, -0.2) is 9.59 Å². The maximum absolute atomic E-state index is 13.0. The second-order valence-electron chi connectivity index (χ2n) is 8.96. The van der Waals surface area contributed by atoms with E-state index >= 15 is 0 Å². The van der Waals surface area contributed by atoms with Crippen LogP contribution in [0.5, 0.6) is 23.0 Å². The van der Waals surface area contributed by atoms with Crippen LogP contribution in [0.3, 0.4) is 0 Å². The van der Waals surface area contributed by atoms with Crippen LogP contribution in [0.15, 0.2) is 109 Å². The van der Waals surface area contributed by atoms with E-state index in [-0.39, 0.29) is 0 Å². The van der Waals surface area contributed by atoms with Crippen molar-refractivity contribution in [3.05, 3.63) is 109 Å². The fourth-order valence-electron chi connectivity index (χ4n) is 3.76. The van der Waals surface area contributed by atoms with Gasteiger partial charge in [-0.2, -0.15) is 0 Å². The third kappa shape index (κ3) is 9.19. The van der Waals surface area contributed by atoms with Crippen molar-refractivity contribution in [3.8, 4) is 23.0 Å². The fourth-order valence-corrected chi connectivity index (χ4v) is 8.76. The summed E-state index contributed by atoms with van der Waals surface area (Å²) in [6.07, 6.45) is -3.32. The Morgan fingerprint density at radius 2 is 0.841 bits per heavy atom. The lowest BCUT2D eigenvalue weighted by Gasteiger charge is -2.30. The van der Waals surface area contributed by atoms with E-state index in [0.29, 0.717) is 33.6 Å². The molecule has 0 fully saturated rings. The highest BCUT2D eigenvalue weighted by Crippen LogP contribution is 2.56. The average molecular weight is 707 g/mol. The molecule has 0 aliphatic rings. The summed E-state index contributed by atoms with van der Waals surface area (Å²) in [5.41, 5.74) is -6.46. The highest BCUT2D eigenvalue weighted by atomic mass is 32.9. The topological polar surface area (TPSA) is 89.5 Å². The van der Waals surface area contributed by atoms with Crippen LogP contribution in [0.25, 0.3) is 0 Å². The molecule has 0 heterocycles. The zero-order valence-electron chi connectivity index (χ0n) is 23.4. The van der Waals surface area contributed by atoms with Crippen LogP contribution in [-0.4, -0.2) is 38.4 Å². The van der Waals surface area contributed by atoms with Crippen molar-refractivity contribution in [2.24, 2.45) is 0 Å². The molecule has 0 N–H and O–H groups in total. The molecular formula is C30H28O8P2S4. The van der Waals surface area contributed by atoms with Gasteiger partial charge in [0.1, 0.15) is 33.9 Å². The van der Waals surface area contributed by atoms with Crippen LogP contribution in [0.1, 0.15) is 0 Å². The van der Waals surface area contributed by atoms with E-state index in [0.717, 1.165) is 14.2 Å². The number of esters is 2. The number of ether oxygens (including phenoxy) is 4. The lowest BCUT2D eigenvalue weighted by atomic mass is 10.2. The molecule has 0 saturated heterocycles. The van der Waals surface area contributed by atoms with Gasteiger partial charge >= 0.3 is 11.9 Å². The standard InChI is InChI=1S/C30H28O8P2S4/c1-33-29(31)27(37-39(41,42)25-17-13-23(14-18-25)35-21-9-5-3-6-10-21)28(30(32)34-2)38-40(43,44)26-19-15-24(16-20-26)36-22-11-7-4-8-12-22/h3-20,27-28H,1-2H3,(H,41,42)(H,43,44). The largest absolute Gasteiger partial charge is 0.467 e. The monoisotopic (exact) mass is 706 g/mol. The third-order valence-corrected chi connectivity index (χ3v) is 12.6. The predicted molar refractivity (Wildman–Crippen MR) is 186 cm³/mol. The molecule has 4 unspecified atom stereocenters. The van der Waals surface area contributed by atoms with Crippen LogP contribution in [0, 0.1) is 0 Å². The number of thiol groups is 2. The predicted octanol–water partition coefficient (Wildman–Crippen LogP) is 6.82. The Hall–Kier alpha value is -2.66. The van der Waals surface area contributed by atoms with Crippen LogP contribution < -0.4 is 20.1 Å². The first kappa shape index (κ1) is 34.2. The molecule has 0 aliphatic carbocycles. The minimum atomic E-state index is -3.23. The van der Waals surface area contributed by atoms with Crippen molar-refractivity contribution in [2.45, 2.75) is 12.2 Å². The zero-order chi connectivity index (χ0) is 31.7. The summed E-state index contributed by atoms with van der Waals surface area (Å²) in [4.78, 5) is 26.0. The fraction of sp³-hybridized carbons (Fsp3) is 0.133. The normalized spacial score (nSPS) is 15.1. The number of para-hydroxylation sites is 2. The van der Waals surface area contributed by atoms with Gasteiger partial charge in [0.05, 0.1) is 14.2 Å². The molecule has 0 aromatic heterocycles. The SMILES string of the molecule is COC(=O)C(OP(=S)(S)c1ccc(Oc2ccccc2)cc1)C(OP(=S)(S)c1ccc(Oc2ccccc2)cc1)C(=O)OC. The van der Waals surface area contributed by atoms with Gasteiger partial charge in [0.25, 0.3) is 0 Å². The summed E-state index contributed by atoms with van der Waals surface area (Å²) in [6.45, 7) is 0. The van der Waals surface area contributed by atoms with Crippen molar-refractivity contribution in [3.63, 3.8) is 0 Å². The molecule has 44 heavy (non-hydrogen) atoms. The lowest BCUT2D eigenvalue weighted by Crippen LogP contribution is -2.44. The van der Waals surface area contributed by atoms with E-state index in [2.05, 4.69) is 24.5 Å². The van der Waals surface area contributed by atoms with E-state index in [1.807, 2.05) is 60.7 Å². The maximum atomic E-state index is 13.0. The van der Waals surface area contributed by atoms with Crippen LogP contribution in [0.4, 0.5) is 0 Å². The highest BCUT2D eigenvalue weighted by molar-refractivity contribution is 8.64. The quantitative estimate of drug-likeness (QED) is 0.0878. The van der Waals surface area contributed by atoms with Crippen molar-refractivity contribution < 1.29 is 37.6 Å². The van der Waals surface area contributed by atoms with E-state index in [1.54, 1.807) is 48.5 Å². The smallest absolute Gasteiger partial charge is 0.338 e. The first-order chi connectivity index (χ1) is 21.0. The Kier molecular flexibility index (Phi) is 12.1. The van der Waals surface area contributed by atoms with Gasteiger partial charge in [-0.1, -0.05) is 60.0 Å². The molecule has 4 atom stereocenters. The van der Waals surface area contributed by atoms with Gasteiger partial charge in [0, 0.05) is 10.6 Å². The Morgan fingerprint density at radius 3 is 1.14 bits per heavy atom. The van der Waals surface area contributed by atoms with Gasteiger partial charge < -0.3 is 28.0 Å². The average Bonchev–Trinajstić information content (AvgIpc) is 3.03. The lowest BCUT2D eigenvalue weighted by molar-refractivity contribution is -0.164. The number of rotatable bonds is 13. The Morgan fingerprint density at radius 1 is 0.545 bits per heavy atom. The summed E-state index contributed by atoms with van der Waals surface area (Å²) >= 11 is 20.6. The maximum Gasteiger partial charge on any atom is 0.338 e. The molecule has 4 aromatic rings. The number of methoxy groups -OCH3 is 2. The van der Waals surface area contributed by atoms with Gasteiger partial charge in [-0.15, -0.1) is 24.5 Å². The summed E-state index contributed by atoms with van der Waals surface area (Å²) < 4.78 is 33.7. The molecule has 0 radical (unpaired) electrons. The minimum Gasteiger partial charge on any atom is -0.467 e. The molecule has 230 valence electrons. The van der Waals surface area contributed by atoms with Gasteiger partial charge in [0.15, 0.2) is 12.2 Å². The van der Waals surface area contributed by atoms with E-state index in [1.165, 1.54) is 0 Å². The van der Waals surface area contributed by atoms with Crippen LogP contribution >= 0.6 is 35.4 Å². The number of carbonyl (C=O) groups is 2. The van der Waals surface area contributed by atoms with Crippen molar-refractivity contribution >= 4 is 81.6 Å². The summed E-state index contributed by atoms with van der Waals surface area (Å²) in [5, 5.41) is 0.987. The summed E-state index contributed by atoms with van der Waals surface area (Å²) in [7, 11) is 2.29. The van der Waals surface area contributed by atoms with Gasteiger partial charge in [0.2, 0.25) is 0 Å². The minimum absolute atomic E-state index is 0.494. The highest BCUT2D eigenvalue weighted by Gasteiger charge is 2.43. The molecule has 4 rings (SSSR count). The summed E-state index contributed by atoms with van der Waals surface area (Å²) in [6, 6.07) is 32.0. The first-order valence-electron chi connectivity index (χ1n) is 12.9. The van der Waals surface area contributed by atoms with Crippen molar-refractivity contribution in [1.82, 2.24) is 0 Å². The number of hydrogen-bond donors (Lipinski definition) is 2. The van der Waals surface area contributed by atoms with E-state index in [9.17, 15) is 9.59 Å². The molecule has 0 bridgehead atoms. The third-order valence-electron chi connectivity index (χ3n) is 5.94. The molecule has 0 amide bonds. The molecule has 14 heteroatoms. The van der Waals surface area contributed by atoms with Crippen molar-refractivity contribution in [1.29, 1.82) is 0 Å². The first-order valence-corrected chi connectivity index (χ1v) is 20.6. The second kappa shape index (κ2) is 15.6. The Balaban J connectivity index is 1.55.